The van der Waals surface area contributed by atoms with Gasteiger partial charge in [0.05, 0.1) is 0 Å². The number of likely N-dealkylation sites (tertiary alicyclic amines) is 1. The maximum Gasteiger partial charge on any atom is 0.279 e. The first-order valence-corrected chi connectivity index (χ1v) is 9.62. The second-order valence-corrected chi connectivity index (χ2v) is 8.17. The lowest BCUT2D eigenvalue weighted by Gasteiger charge is -2.19. The Bertz CT molecular complexity index is 411. The molecule has 1 aliphatic heterocycles. The lowest BCUT2D eigenvalue weighted by molar-refractivity contribution is 0.341. The van der Waals surface area contributed by atoms with Gasteiger partial charge >= 0.3 is 0 Å². The summed E-state index contributed by atoms with van der Waals surface area (Å²) < 4.78 is 28.5. The van der Waals surface area contributed by atoms with E-state index in [4.69, 9.17) is 0 Å². The summed E-state index contributed by atoms with van der Waals surface area (Å²) in [4.78, 5) is 2.37. The summed E-state index contributed by atoms with van der Waals surface area (Å²) in [7, 11) is -1.66. The zero-order valence-corrected chi connectivity index (χ0v) is 14.2. The van der Waals surface area contributed by atoms with Crippen LogP contribution in [-0.2, 0) is 10.2 Å². The molecular weight excluding hydrogens is 288 g/mol. The van der Waals surface area contributed by atoms with Crippen LogP contribution >= 0.6 is 0 Å². The standard InChI is InChI=1S/C14H30N4O2S/c1-3-18-10-7-13(12-18)11-16-21(19,20)17(2)9-4-8-15-14-5-6-14/h13-16H,3-12H2,1-2H3. The Kier molecular flexibility index (Phi) is 6.43. The molecule has 0 bridgehead atoms. The maximum absolute atomic E-state index is 12.2. The third-order valence-electron chi connectivity index (χ3n) is 4.44. The average molecular weight is 318 g/mol. The van der Waals surface area contributed by atoms with Gasteiger partial charge in [0.25, 0.3) is 10.2 Å². The minimum absolute atomic E-state index is 0.449. The van der Waals surface area contributed by atoms with E-state index in [0.29, 0.717) is 25.0 Å². The summed E-state index contributed by atoms with van der Waals surface area (Å²) >= 11 is 0. The van der Waals surface area contributed by atoms with E-state index in [1.54, 1.807) is 7.05 Å². The Morgan fingerprint density at radius 2 is 2.05 bits per heavy atom. The fourth-order valence-electron chi connectivity index (χ4n) is 2.72. The molecule has 1 saturated carbocycles. The molecule has 1 heterocycles. The monoisotopic (exact) mass is 318 g/mol. The van der Waals surface area contributed by atoms with Crippen molar-refractivity contribution >= 4 is 10.2 Å². The lowest BCUT2D eigenvalue weighted by Crippen LogP contribution is -2.41. The van der Waals surface area contributed by atoms with Crippen molar-refractivity contribution in [2.75, 3.05) is 46.3 Å². The molecule has 0 aromatic heterocycles. The van der Waals surface area contributed by atoms with Gasteiger partial charge in [-0.2, -0.15) is 12.7 Å². The minimum Gasteiger partial charge on any atom is -0.314 e. The number of hydrogen-bond acceptors (Lipinski definition) is 4. The summed E-state index contributed by atoms with van der Waals surface area (Å²) in [6.07, 6.45) is 4.49. The van der Waals surface area contributed by atoms with Gasteiger partial charge in [0.1, 0.15) is 0 Å². The Morgan fingerprint density at radius 1 is 1.29 bits per heavy atom. The zero-order valence-electron chi connectivity index (χ0n) is 13.3. The van der Waals surface area contributed by atoms with Gasteiger partial charge in [0, 0.05) is 32.7 Å². The van der Waals surface area contributed by atoms with Crippen LogP contribution in [0.1, 0.15) is 32.6 Å². The van der Waals surface area contributed by atoms with Crippen LogP contribution in [0.5, 0.6) is 0 Å². The first-order valence-electron chi connectivity index (χ1n) is 8.18. The number of hydrogen-bond donors (Lipinski definition) is 2. The molecule has 0 radical (unpaired) electrons. The largest absolute Gasteiger partial charge is 0.314 e. The summed E-state index contributed by atoms with van der Waals surface area (Å²) in [5, 5.41) is 3.40. The third kappa shape index (κ3) is 5.83. The predicted octanol–water partition coefficient (Wildman–Crippen LogP) is 0.237. The second kappa shape index (κ2) is 7.87. The molecule has 21 heavy (non-hydrogen) atoms. The Morgan fingerprint density at radius 3 is 2.67 bits per heavy atom. The highest BCUT2D eigenvalue weighted by Crippen LogP contribution is 2.18. The molecule has 2 aliphatic rings. The van der Waals surface area contributed by atoms with Crippen LogP contribution in [0.3, 0.4) is 0 Å². The summed E-state index contributed by atoms with van der Waals surface area (Å²) in [5.41, 5.74) is 0. The summed E-state index contributed by atoms with van der Waals surface area (Å²) in [5.74, 6) is 0.449. The molecule has 7 heteroatoms. The fourth-order valence-corrected chi connectivity index (χ4v) is 3.75. The van der Waals surface area contributed by atoms with Gasteiger partial charge < -0.3 is 10.2 Å². The van der Waals surface area contributed by atoms with Crippen molar-refractivity contribution in [3.05, 3.63) is 0 Å². The molecule has 0 aromatic rings. The number of nitrogens with one attached hydrogen (secondary N) is 2. The fraction of sp³-hybridized carbons (Fsp3) is 1.00. The Balaban J connectivity index is 1.62. The quantitative estimate of drug-likeness (QED) is 0.566. The van der Waals surface area contributed by atoms with Gasteiger partial charge in [-0.3, -0.25) is 0 Å². The topological polar surface area (TPSA) is 64.7 Å². The molecule has 0 aromatic carbocycles. The highest BCUT2D eigenvalue weighted by molar-refractivity contribution is 7.87. The molecule has 1 saturated heterocycles. The van der Waals surface area contributed by atoms with Gasteiger partial charge in [-0.1, -0.05) is 6.92 Å². The Hall–Kier alpha value is -0.210. The zero-order chi connectivity index (χ0) is 15.3. The van der Waals surface area contributed by atoms with Gasteiger partial charge in [-0.25, -0.2) is 4.72 Å². The van der Waals surface area contributed by atoms with Crippen LogP contribution < -0.4 is 10.0 Å². The van der Waals surface area contributed by atoms with Crippen molar-refractivity contribution in [2.24, 2.45) is 5.92 Å². The maximum atomic E-state index is 12.2. The molecule has 2 N–H and O–H groups in total. The van der Waals surface area contributed by atoms with Crippen LogP contribution in [0.2, 0.25) is 0 Å². The van der Waals surface area contributed by atoms with Gasteiger partial charge in [0.15, 0.2) is 0 Å². The first-order chi connectivity index (χ1) is 10.0. The van der Waals surface area contributed by atoms with Crippen LogP contribution in [0.4, 0.5) is 0 Å². The summed E-state index contributed by atoms with van der Waals surface area (Å²) in [6, 6.07) is 0.689. The van der Waals surface area contributed by atoms with Crippen LogP contribution in [0.25, 0.3) is 0 Å². The van der Waals surface area contributed by atoms with Crippen LogP contribution in [0, 0.1) is 5.92 Å². The van der Waals surface area contributed by atoms with Crippen molar-refractivity contribution in [1.82, 2.24) is 19.2 Å². The number of nitrogens with zero attached hydrogens (tertiary/aromatic N) is 2. The van der Waals surface area contributed by atoms with Gasteiger partial charge in [-0.15, -0.1) is 0 Å². The van der Waals surface area contributed by atoms with E-state index in [0.717, 1.165) is 39.0 Å². The van der Waals surface area contributed by atoms with E-state index in [2.05, 4.69) is 21.9 Å². The highest BCUT2D eigenvalue weighted by atomic mass is 32.2. The molecule has 0 spiro atoms. The second-order valence-electron chi connectivity index (χ2n) is 6.30. The van der Waals surface area contributed by atoms with E-state index in [9.17, 15) is 8.42 Å². The van der Waals surface area contributed by atoms with Crippen molar-refractivity contribution in [1.29, 1.82) is 0 Å². The molecule has 124 valence electrons. The van der Waals surface area contributed by atoms with Crippen molar-refractivity contribution in [2.45, 2.75) is 38.6 Å². The Labute approximate surface area is 129 Å². The number of rotatable bonds is 10. The molecule has 6 nitrogen and oxygen atoms in total. The molecular formula is C14H30N4O2S. The summed E-state index contributed by atoms with van der Waals surface area (Å²) in [6.45, 7) is 7.33. The van der Waals surface area contributed by atoms with E-state index >= 15 is 0 Å². The SMILES string of the molecule is CCN1CCC(CNS(=O)(=O)N(C)CCCNC2CC2)C1. The highest BCUT2D eigenvalue weighted by Gasteiger charge is 2.24. The lowest BCUT2D eigenvalue weighted by atomic mass is 10.1. The first kappa shape index (κ1) is 17.1. The van der Waals surface area contributed by atoms with E-state index < -0.39 is 10.2 Å². The van der Waals surface area contributed by atoms with Gasteiger partial charge in [0.2, 0.25) is 0 Å². The third-order valence-corrected chi connectivity index (χ3v) is 5.98. The molecule has 1 aliphatic carbocycles. The molecule has 1 unspecified atom stereocenters. The van der Waals surface area contributed by atoms with Crippen molar-refractivity contribution < 1.29 is 8.42 Å². The van der Waals surface area contributed by atoms with E-state index in [1.807, 2.05) is 0 Å². The van der Waals surface area contributed by atoms with E-state index in [-0.39, 0.29) is 0 Å². The van der Waals surface area contributed by atoms with Crippen molar-refractivity contribution in [3.63, 3.8) is 0 Å². The van der Waals surface area contributed by atoms with Crippen molar-refractivity contribution in [3.8, 4) is 0 Å². The molecule has 1 atom stereocenters. The molecule has 2 fully saturated rings. The minimum atomic E-state index is -3.32. The normalized spacial score (nSPS) is 24.0. The van der Waals surface area contributed by atoms with E-state index in [1.165, 1.54) is 17.1 Å². The van der Waals surface area contributed by atoms with Crippen LogP contribution in [0.15, 0.2) is 0 Å². The van der Waals surface area contributed by atoms with Gasteiger partial charge in [-0.05, 0) is 51.2 Å². The molecule has 2 rings (SSSR count). The molecule has 0 amide bonds. The average Bonchev–Trinajstić information content (AvgIpc) is 3.17. The predicted molar refractivity (Wildman–Crippen MR) is 85.4 cm³/mol. The smallest absolute Gasteiger partial charge is 0.279 e. The van der Waals surface area contributed by atoms with Crippen LogP contribution in [-0.4, -0.2) is 70.0 Å².